The maximum atomic E-state index is 13.9. The van der Waals surface area contributed by atoms with Crippen molar-refractivity contribution >= 4 is 17.5 Å². The molecule has 0 saturated carbocycles. The number of morpholine rings is 1. The zero-order valence-corrected chi connectivity index (χ0v) is 25.6. The molecular weight excluding hydrogens is 602 g/mol. The number of halogens is 2. The molecule has 0 radical (unpaired) electrons. The van der Waals surface area contributed by atoms with Crippen LogP contribution in [-0.2, 0) is 19.0 Å². The van der Waals surface area contributed by atoms with Crippen molar-refractivity contribution in [3.63, 3.8) is 0 Å². The van der Waals surface area contributed by atoms with Crippen molar-refractivity contribution in [3.05, 3.63) is 48.0 Å². The monoisotopic (exact) mass is 640 g/mol. The van der Waals surface area contributed by atoms with Crippen LogP contribution in [0.2, 0.25) is 0 Å². The van der Waals surface area contributed by atoms with E-state index in [0.29, 0.717) is 50.5 Å². The lowest BCUT2D eigenvalue weighted by Crippen LogP contribution is -2.68. The fraction of sp³-hybridized carbons (Fsp3) is 0.562. The van der Waals surface area contributed by atoms with Gasteiger partial charge in [0.25, 0.3) is 6.43 Å². The molecule has 46 heavy (non-hydrogen) atoms. The second-order valence-electron chi connectivity index (χ2n) is 12.4. The molecule has 0 aromatic carbocycles. The Kier molecular flexibility index (Phi) is 8.51. The van der Waals surface area contributed by atoms with Gasteiger partial charge in [-0.05, 0) is 55.9 Å². The fourth-order valence-corrected chi connectivity index (χ4v) is 6.97. The van der Waals surface area contributed by atoms with Gasteiger partial charge in [0.05, 0.1) is 43.8 Å². The SMILES string of the molecule is C[C@@H]1N(c2cc(C3CCCOCC3)cnc2O[C@H]2C[C@@H](C(=O)O)N(c3cc(-c4ccc[nH]4)nc(C(F)F)n3)C2)CCOC12COC2. The molecular formula is C32H38F2N6O6. The Bertz CT molecular complexity index is 1530. The van der Waals surface area contributed by atoms with E-state index in [2.05, 4.69) is 32.8 Å². The smallest absolute Gasteiger partial charge is 0.326 e. The number of hydrogen-bond acceptors (Lipinski definition) is 10. The molecule has 3 aromatic rings. The number of alkyl halides is 2. The largest absolute Gasteiger partial charge is 0.480 e. The number of H-pyrrole nitrogens is 1. The average Bonchev–Trinajstić information content (AvgIpc) is 3.65. The Morgan fingerprint density at radius 2 is 2.02 bits per heavy atom. The molecule has 1 unspecified atom stereocenters. The number of rotatable bonds is 8. The molecule has 4 fully saturated rings. The predicted molar refractivity (Wildman–Crippen MR) is 163 cm³/mol. The second-order valence-corrected chi connectivity index (χ2v) is 12.4. The number of ether oxygens (including phenoxy) is 4. The number of aromatic amines is 1. The number of anilines is 2. The summed E-state index contributed by atoms with van der Waals surface area (Å²) in [5.41, 5.74) is 2.29. The molecule has 3 aromatic heterocycles. The molecule has 7 rings (SSSR count). The first kappa shape index (κ1) is 30.8. The van der Waals surface area contributed by atoms with Crippen molar-refractivity contribution in [3.8, 4) is 17.3 Å². The molecule has 4 aliphatic heterocycles. The minimum absolute atomic E-state index is 0.0149. The van der Waals surface area contributed by atoms with Crippen LogP contribution in [0.1, 0.15) is 56.3 Å². The third kappa shape index (κ3) is 5.89. The van der Waals surface area contributed by atoms with Crippen LogP contribution in [0, 0.1) is 0 Å². The van der Waals surface area contributed by atoms with Crippen molar-refractivity contribution in [2.75, 3.05) is 55.9 Å². The van der Waals surface area contributed by atoms with E-state index in [4.69, 9.17) is 23.9 Å². The van der Waals surface area contributed by atoms with Gasteiger partial charge in [0.1, 0.15) is 29.3 Å². The molecule has 2 N–H and O–H groups in total. The summed E-state index contributed by atoms with van der Waals surface area (Å²) in [6, 6.07) is 6.05. The maximum Gasteiger partial charge on any atom is 0.326 e. The Balaban J connectivity index is 1.20. The van der Waals surface area contributed by atoms with E-state index in [0.717, 1.165) is 37.1 Å². The number of aromatic nitrogens is 4. The summed E-state index contributed by atoms with van der Waals surface area (Å²) in [4.78, 5) is 32.1. The van der Waals surface area contributed by atoms with Gasteiger partial charge in [0.2, 0.25) is 5.88 Å². The maximum absolute atomic E-state index is 13.9. The molecule has 246 valence electrons. The van der Waals surface area contributed by atoms with Crippen molar-refractivity contribution in [2.24, 2.45) is 0 Å². The summed E-state index contributed by atoms with van der Waals surface area (Å²) < 4.78 is 51.7. The molecule has 0 bridgehead atoms. The van der Waals surface area contributed by atoms with Gasteiger partial charge in [-0.1, -0.05) is 0 Å². The van der Waals surface area contributed by atoms with Crippen LogP contribution in [0.4, 0.5) is 20.3 Å². The summed E-state index contributed by atoms with van der Waals surface area (Å²) >= 11 is 0. The molecule has 7 heterocycles. The van der Waals surface area contributed by atoms with E-state index in [9.17, 15) is 18.7 Å². The van der Waals surface area contributed by atoms with Gasteiger partial charge in [-0.3, -0.25) is 0 Å². The topological polar surface area (TPSA) is 135 Å². The first-order valence-electron chi connectivity index (χ1n) is 15.8. The third-order valence-electron chi connectivity index (χ3n) is 9.65. The number of pyridine rings is 1. The predicted octanol–water partition coefficient (Wildman–Crippen LogP) is 4.19. The van der Waals surface area contributed by atoms with Gasteiger partial charge in [-0.25, -0.2) is 28.5 Å². The molecule has 0 amide bonds. The average molecular weight is 641 g/mol. The molecule has 4 aliphatic rings. The minimum atomic E-state index is -2.93. The highest BCUT2D eigenvalue weighted by atomic mass is 19.3. The highest BCUT2D eigenvalue weighted by molar-refractivity contribution is 5.79. The number of hydrogen-bond donors (Lipinski definition) is 2. The van der Waals surface area contributed by atoms with Gasteiger partial charge < -0.3 is 38.8 Å². The summed E-state index contributed by atoms with van der Waals surface area (Å²) in [7, 11) is 0. The summed E-state index contributed by atoms with van der Waals surface area (Å²) in [5.74, 6) is -0.973. The quantitative estimate of drug-likeness (QED) is 0.367. The second kappa shape index (κ2) is 12.7. The highest BCUT2D eigenvalue weighted by Gasteiger charge is 2.50. The number of carboxylic acids is 1. The lowest BCUT2D eigenvalue weighted by molar-refractivity contribution is -0.228. The Morgan fingerprint density at radius 3 is 2.76 bits per heavy atom. The van der Waals surface area contributed by atoms with Crippen LogP contribution in [-0.4, -0.2) is 101 Å². The summed E-state index contributed by atoms with van der Waals surface area (Å²) in [6.45, 7) is 5.85. The Hall–Kier alpha value is -3.88. The molecule has 14 heteroatoms. The minimum Gasteiger partial charge on any atom is -0.480 e. The van der Waals surface area contributed by atoms with Crippen molar-refractivity contribution in [1.82, 2.24) is 19.9 Å². The van der Waals surface area contributed by atoms with E-state index < -0.39 is 36.0 Å². The third-order valence-corrected chi connectivity index (χ3v) is 9.65. The van der Waals surface area contributed by atoms with E-state index in [-0.39, 0.29) is 30.5 Å². The summed E-state index contributed by atoms with van der Waals surface area (Å²) in [5, 5.41) is 10.2. The summed E-state index contributed by atoms with van der Waals surface area (Å²) in [6.07, 6.45) is 2.97. The van der Waals surface area contributed by atoms with E-state index in [1.54, 1.807) is 18.3 Å². The van der Waals surface area contributed by atoms with Crippen LogP contribution in [0.5, 0.6) is 5.88 Å². The Labute approximate surface area is 265 Å². The van der Waals surface area contributed by atoms with Crippen LogP contribution >= 0.6 is 0 Å². The van der Waals surface area contributed by atoms with Gasteiger partial charge >= 0.3 is 5.97 Å². The van der Waals surface area contributed by atoms with Crippen LogP contribution in [0.15, 0.2) is 36.7 Å². The molecule has 4 saturated heterocycles. The number of nitrogens with one attached hydrogen (secondary N) is 1. The van der Waals surface area contributed by atoms with Crippen molar-refractivity contribution in [1.29, 1.82) is 0 Å². The normalized spacial score (nSPS) is 26.3. The van der Waals surface area contributed by atoms with Gasteiger partial charge in [-0.15, -0.1) is 0 Å². The number of carbonyl (C=O) groups is 1. The number of aliphatic carboxylic acids is 1. The lowest BCUT2D eigenvalue weighted by Gasteiger charge is -2.53. The molecule has 12 nitrogen and oxygen atoms in total. The molecule has 1 spiro atoms. The van der Waals surface area contributed by atoms with Crippen LogP contribution in [0.3, 0.4) is 0 Å². The highest BCUT2D eigenvalue weighted by Crippen LogP contribution is 2.41. The molecule has 4 atom stereocenters. The first-order valence-corrected chi connectivity index (χ1v) is 15.8. The van der Waals surface area contributed by atoms with Gasteiger partial charge in [0, 0.05) is 44.6 Å². The van der Waals surface area contributed by atoms with E-state index >= 15 is 0 Å². The number of nitrogens with zero attached hydrogens (tertiary/aromatic N) is 5. The molecule has 0 aliphatic carbocycles. The van der Waals surface area contributed by atoms with Crippen LogP contribution in [0.25, 0.3) is 11.4 Å². The van der Waals surface area contributed by atoms with Gasteiger partial charge in [-0.2, -0.15) is 0 Å². The lowest BCUT2D eigenvalue weighted by atomic mass is 9.89. The van der Waals surface area contributed by atoms with Crippen molar-refractivity contribution < 1.29 is 37.6 Å². The van der Waals surface area contributed by atoms with Gasteiger partial charge in [0.15, 0.2) is 5.82 Å². The van der Waals surface area contributed by atoms with E-state index in [1.165, 1.54) is 11.0 Å². The first-order chi connectivity index (χ1) is 22.3. The zero-order valence-electron chi connectivity index (χ0n) is 25.6. The van der Waals surface area contributed by atoms with E-state index in [1.807, 2.05) is 6.20 Å². The van der Waals surface area contributed by atoms with Crippen LogP contribution < -0.4 is 14.5 Å². The Morgan fingerprint density at radius 1 is 1.15 bits per heavy atom. The van der Waals surface area contributed by atoms with Crippen molar-refractivity contribution in [2.45, 2.75) is 68.7 Å². The number of carboxylic acid groups (broad SMARTS) is 1. The fourth-order valence-electron chi connectivity index (χ4n) is 6.97. The zero-order chi connectivity index (χ0) is 31.8. The standard InChI is InChI=1S/C32H38F2N6O6/c1-19-32(17-44-18-32)45-11-8-39(19)25-12-21(20-4-3-9-43-10-6-20)15-36-30(25)46-22-13-26(31(41)42)40(16-22)27-14-24(23-5-2-7-35-23)37-29(38-27)28(33)34/h2,5,7,12,14-15,19-20,22,26,28,35H,3-4,6,8-11,13,16-18H2,1H3,(H,41,42)/t19-,20?,22-,26-/m0/s1.